The van der Waals surface area contributed by atoms with Crippen LogP contribution in [0.15, 0.2) is 0 Å². The lowest BCUT2D eigenvalue weighted by molar-refractivity contribution is -0.365. The van der Waals surface area contributed by atoms with Crippen LogP contribution in [0.2, 0.25) is 0 Å². The van der Waals surface area contributed by atoms with Crippen molar-refractivity contribution in [2.75, 3.05) is 0 Å². The van der Waals surface area contributed by atoms with Crippen LogP contribution in [-0.2, 0) is 4.74 Å². The highest BCUT2D eigenvalue weighted by Crippen LogP contribution is 2.56. The second-order valence-corrected chi connectivity index (χ2v) is 3.12. The van der Waals surface area contributed by atoms with Crippen molar-refractivity contribution < 1.29 is 35.5 Å². The lowest BCUT2D eigenvalue weighted by atomic mass is 10.1. The van der Waals surface area contributed by atoms with Crippen molar-refractivity contribution in [2.45, 2.75) is 37.2 Å². The molecule has 8 heteroatoms. The van der Waals surface area contributed by atoms with E-state index in [1.165, 1.54) is 0 Å². The lowest BCUT2D eigenvalue weighted by Gasteiger charge is -2.24. The van der Waals surface area contributed by atoms with Crippen LogP contribution in [0.25, 0.3) is 0 Å². The largest absolute Gasteiger partial charge is 0.422 e. The molecular weight excluding hydrogens is 221 g/mol. The predicted octanol–water partition coefficient (Wildman–Crippen LogP) is 2.96. The van der Waals surface area contributed by atoms with Gasteiger partial charge < -0.3 is 0 Å². The number of halogens is 7. The zero-order valence-corrected chi connectivity index (χ0v) is 6.76. The van der Waals surface area contributed by atoms with E-state index in [-0.39, 0.29) is 6.92 Å². The van der Waals surface area contributed by atoms with Crippen LogP contribution in [0, 0.1) is 0 Å². The molecule has 1 saturated heterocycles. The average Bonchev–Trinajstić information content (AvgIpc) is 1.95. The van der Waals surface area contributed by atoms with Crippen LogP contribution in [0.1, 0.15) is 13.3 Å². The molecule has 0 amide bonds. The number of hydrogen-bond donors (Lipinski definition) is 0. The summed E-state index contributed by atoms with van der Waals surface area (Å²) in [5.74, 6) is -13.7. The Morgan fingerprint density at radius 1 is 1.07 bits per heavy atom. The highest BCUT2D eigenvalue weighted by molar-refractivity contribution is 4.98. The fourth-order valence-corrected chi connectivity index (χ4v) is 0.947. The molecule has 1 nitrogen and oxygen atoms in total. The second kappa shape index (κ2) is 2.53. The Hall–Kier alpha value is -0.530. The van der Waals surface area contributed by atoms with E-state index < -0.39 is 30.2 Å². The maximum absolute atomic E-state index is 12.9. The van der Waals surface area contributed by atoms with Crippen molar-refractivity contribution >= 4 is 0 Å². The van der Waals surface area contributed by atoms with E-state index in [2.05, 4.69) is 4.74 Å². The molecule has 1 unspecified atom stereocenters. The molecule has 0 aliphatic carbocycles. The third kappa shape index (κ3) is 1.45. The molecule has 1 atom stereocenters. The van der Waals surface area contributed by atoms with Crippen LogP contribution >= 0.6 is 0 Å². The van der Waals surface area contributed by atoms with Crippen LogP contribution in [0.5, 0.6) is 0 Å². The van der Waals surface area contributed by atoms with Gasteiger partial charge in [-0.3, -0.25) is 4.74 Å². The number of ether oxygens (including phenoxy) is 1. The Labute approximate surface area is 73.8 Å². The number of alkyl halides is 7. The molecule has 84 valence electrons. The van der Waals surface area contributed by atoms with E-state index >= 15 is 0 Å². The predicted molar refractivity (Wildman–Crippen MR) is 30.1 cm³/mol. The number of hydrogen-bond acceptors (Lipinski definition) is 1. The maximum atomic E-state index is 12.9. The Balaban J connectivity index is 3.03. The van der Waals surface area contributed by atoms with Gasteiger partial charge in [0.2, 0.25) is 0 Å². The summed E-state index contributed by atoms with van der Waals surface area (Å²) in [5.41, 5.74) is 0. The fourth-order valence-electron chi connectivity index (χ4n) is 0.947. The first-order valence-corrected chi connectivity index (χ1v) is 3.44. The topological polar surface area (TPSA) is 9.23 Å². The highest BCUT2D eigenvalue weighted by atomic mass is 19.3. The average molecular weight is 226 g/mol. The van der Waals surface area contributed by atoms with Gasteiger partial charge in [-0.05, 0) is 0 Å². The molecule has 1 aliphatic heterocycles. The van der Waals surface area contributed by atoms with Crippen molar-refractivity contribution in [1.82, 2.24) is 0 Å². The Morgan fingerprint density at radius 3 is 1.64 bits per heavy atom. The first-order valence-electron chi connectivity index (χ1n) is 3.44. The zero-order valence-electron chi connectivity index (χ0n) is 6.76. The molecule has 0 saturated carbocycles. The van der Waals surface area contributed by atoms with Crippen molar-refractivity contribution in [1.29, 1.82) is 0 Å². The van der Waals surface area contributed by atoms with Crippen molar-refractivity contribution in [2.24, 2.45) is 0 Å². The molecule has 1 fully saturated rings. The molecule has 0 spiro atoms. The van der Waals surface area contributed by atoms with E-state index in [1.54, 1.807) is 0 Å². The summed E-state index contributed by atoms with van der Waals surface area (Å²) in [6.45, 7) is -0.107. The van der Waals surface area contributed by atoms with Crippen LogP contribution in [-0.4, -0.2) is 23.8 Å². The van der Waals surface area contributed by atoms with Gasteiger partial charge in [-0.15, -0.1) is 0 Å². The van der Waals surface area contributed by atoms with Crippen molar-refractivity contribution in [3.8, 4) is 0 Å². The van der Waals surface area contributed by atoms with Crippen LogP contribution in [0.3, 0.4) is 0 Å². The monoisotopic (exact) mass is 226 g/mol. The molecule has 0 N–H and O–H groups in total. The van der Waals surface area contributed by atoms with Gasteiger partial charge in [0.1, 0.15) is 0 Å². The molecule has 14 heavy (non-hydrogen) atoms. The third-order valence-corrected chi connectivity index (χ3v) is 1.82. The summed E-state index contributed by atoms with van der Waals surface area (Å²) in [6.07, 6.45) is -7.57. The summed E-state index contributed by atoms with van der Waals surface area (Å²) in [6, 6.07) is 0. The Kier molecular flexibility index (Phi) is 2.09. The normalized spacial score (nSPS) is 36.0. The minimum Gasteiger partial charge on any atom is -0.272 e. The van der Waals surface area contributed by atoms with E-state index in [0.29, 0.717) is 0 Å². The maximum Gasteiger partial charge on any atom is 0.422 e. The zero-order chi connectivity index (χ0) is 11.4. The first kappa shape index (κ1) is 11.5. The minimum absolute atomic E-state index is 0.107. The molecule has 0 aromatic heterocycles. The minimum atomic E-state index is -5.21. The molecule has 0 radical (unpaired) electrons. The van der Waals surface area contributed by atoms with E-state index in [1.807, 2.05) is 0 Å². The molecule has 1 rings (SSSR count). The molecule has 0 bridgehead atoms. The van der Waals surface area contributed by atoms with Gasteiger partial charge in [0.15, 0.2) is 0 Å². The lowest BCUT2D eigenvalue weighted by Crippen LogP contribution is -2.42. The summed E-state index contributed by atoms with van der Waals surface area (Å²) in [4.78, 5) is 0. The van der Waals surface area contributed by atoms with Crippen LogP contribution in [0.4, 0.5) is 30.7 Å². The molecule has 1 aliphatic rings. The van der Waals surface area contributed by atoms with Gasteiger partial charge in [0, 0.05) is 6.92 Å². The Morgan fingerprint density at radius 2 is 1.50 bits per heavy atom. The van der Waals surface area contributed by atoms with Crippen molar-refractivity contribution in [3.05, 3.63) is 0 Å². The van der Waals surface area contributed by atoms with Gasteiger partial charge in [-0.1, -0.05) is 0 Å². The summed E-state index contributed by atoms with van der Waals surface area (Å²) in [7, 11) is 0. The van der Waals surface area contributed by atoms with Gasteiger partial charge in [0.05, 0.1) is 6.42 Å². The fraction of sp³-hybridized carbons (Fsp3) is 1.00. The molecule has 0 aromatic carbocycles. The quantitative estimate of drug-likeness (QED) is 0.624. The second-order valence-electron chi connectivity index (χ2n) is 3.12. The van der Waals surface area contributed by atoms with Gasteiger partial charge >= 0.3 is 18.0 Å². The molecule has 0 aromatic rings. The van der Waals surface area contributed by atoms with Gasteiger partial charge in [-0.2, -0.15) is 17.6 Å². The third-order valence-electron chi connectivity index (χ3n) is 1.82. The Bertz CT molecular complexity index is 227. The van der Waals surface area contributed by atoms with Crippen molar-refractivity contribution in [3.63, 3.8) is 0 Å². The number of rotatable bonds is 1. The standard InChI is InChI=1S/C6H5F7O/c1-3(7,8)5(11)2-4(9,10)6(12,13)14-5/h2H2,1H3. The van der Waals surface area contributed by atoms with Crippen LogP contribution < -0.4 is 0 Å². The van der Waals surface area contributed by atoms with Gasteiger partial charge in [0.25, 0.3) is 5.85 Å². The SMILES string of the molecule is CC(F)(F)C1(F)CC(F)(F)C(F)(F)O1. The summed E-state index contributed by atoms with van der Waals surface area (Å²) in [5, 5.41) is 0. The molecular formula is C6H5F7O. The smallest absolute Gasteiger partial charge is 0.272 e. The van der Waals surface area contributed by atoms with E-state index in [0.717, 1.165) is 0 Å². The van der Waals surface area contributed by atoms with E-state index in [9.17, 15) is 30.7 Å². The molecule has 1 heterocycles. The van der Waals surface area contributed by atoms with Gasteiger partial charge in [-0.25, -0.2) is 13.2 Å². The van der Waals surface area contributed by atoms with E-state index in [4.69, 9.17) is 0 Å². The summed E-state index contributed by atoms with van der Waals surface area (Å²) < 4.78 is 89.4. The highest BCUT2D eigenvalue weighted by Gasteiger charge is 2.76. The first-order chi connectivity index (χ1) is 5.91. The summed E-state index contributed by atoms with van der Waals surface area (Å²) >= 11 is 0.